The number of carbonyl (C=O) groups excluding carboxylic acids is 1. The molecule has 0 atom stereocenters. The third-order valence-corrected chi connectivity index (χ3v) is 2.33. The summed E-state index contributed by atoms with van der Waals surface area (Å²) in [6.07, 6.45) is 2.18. The predicted molar refractivity (Wildman–Crippen MR) is 49.2 cm³/mol. The van der Waals surface area contributed by atoms with Crippen molar-refractivity contribution < 1.29 is 48.5 Å². The average Bonchev–Trinajstić information content (AvgIpc) is 2.11. The molecule has 1 N–H and O–H groups in total. The Bertz CT molecular complexity index is 281. The van der Waals surface area contributed by atoms with Crippen LogP contribution in [0.25, 0.3) is 0 Å². The monoisotopic (exact) mass is 231 g/mol. The predicted octanol–water partition coefficient (Wildman–Crippen LogP) is -2.53. The van der Waals surface area contributed by atoms with E-state index in [1.807, 2.05) is 6.92 Å². The van der Waals surface area contributed by atoms with Crippen LogP contribution in [0.3, 0.4) is 0 Å². The summed E-state index contributed by atoms with van der Waals surface area (Å²) >= 11 is 0. The fourth-order valence-electron chi connectivity index (χ4n) is 0.509. The Kier molecular flexibility index (Phi) is 9.96. The Hall–Kier alpha value is 0.120. The van der Waals surface area contributed by atoms with Crippen molar-refractivity contribution in [1.29, 1.82) is 0 Å². The van der Waals surface area contributed by atoms with E-state index in [9.17, 15) is 13.2 Å². The number of nitrogens with one attached hydrogen (secondary N) is 1. The largest absolute Gasteiger partial charge is 1.00 e. The summed E-state index contributed by atoms with van der Waals surface area (Å²) in [6, 6.07) is 0. The van der Waals surface area contributed by atoms with Crippen LogP contribution in [0.5, 0.6) is 0 Å². The van der Waals surface area contributed by atoms with Crippen LogP contribution in [0.2, 0.25) is 0 Å². The van der Waals surface area contributed by atoms with E-state index in [0.717, 1.165) is 12.5 Å². The zero-order chi connectivity index (χ0) is 10.3. The van der Waals surface area contributed by atoms with E-state index in [1.54, 1.807) is 5.48 Å². The summed E-state index contributed by atoms with van der Waals surface area (Å²) in [5, 5.41) is 0. The van der Waals surface area contributed by atoms with Gasteiger partial charge in [0.1, 0.15) is 0 Å². The molecule has 78 valence electrons. The summed E-state index contributed by atoms with van der Waals surface area (Å²) in [7, 11) is -3.63. The number of amides is 1. The first-order valence-corrected chi connectivity index (χ1v) is 5.43. The van der Waals surface area contributed by atoms with Crippen LogP contribution >= 0.6 is 0 Å². The van der Waals surface area contributed by atoms with Gasteiger partial charge in [0.2, 0.25) is 0 Å². The quantitative estimate of drug-likeness (QED) is 0.311. The van der Waals surface area contributed by atoms with E-state index in [-0.39, 0.29) is 36.7 Å². The third kappa shape index (κ3) is 8.71. The first-order chi connectivity index (χ1) is 6.02. The van der Waals surface area contributed by atoms with Gasteiger partial charge in [-0.15, -0.1) is 4.28 Å². The molecule has 7 heteroatoms. The maximum Gasteiger partial charge on any atom is 1.00 e. The van der Waals surface area contributed by atoms with Gasteiger partial charge >= 0.3 is 29.6 Å². The molecule has 0 aromatic rings. The maximum absolute atomic E-state index is 10.9. The van der Waals surface area contributed by atoms with Gasteiger partial charge in [-0.1, -0.05) is 19.9 Å². The maximum atomic E-state index is 10.9. The topological polar surface area (TPSA) is 72.5 Å². The Morgan fingerprint density at radius 1 is 1.64 bits per heavy atom. The average molecular weight is 231 g/mol. The van der Waals surface area contributed by atoms with Gasteiger partial charge in [0.25, 0.3) is 16.0 Å². The molecule has 0 aliphatic heterocycles. The molecule has 0 aromatic heterocycles. The van der Waals surface area contributed by atoms with E-state index in [4.69, 9.17) is 0 Å². The molecular weight excluding hydrogens is 217 g/mol. The van der Waals surface area contributed by atoms with Gasteiger partial charge in [0.05, 0.1) is 5.75 Å². The van der Waals surface area contributed by atoms with E-state index < -0.39 is 16.0 Å². The smallest absolute Gasteiger partial charge is 1.00 e. The minimum Gasteiger partial charge on any atom is -1.00 e. The van der Waals surface area contributed by atoms with Crippen molar-refractivity contribution in [3.8, 4) is 0 Å². The molecule has 0 saturated heterocycles. The summed E-state index contributed by atoms with van der Waals surface area (Å²) in [5.41, 5.74) is 1.74. The van der Waals surface area contributed by atoms with Gasteiger partial charge in [-0.25, -0.2) is 5.48 Å². The molecule has 0 aromatic carbocycles. The second kappa shape index (κ2) is 8.43. The Morgan fingerprint density at radius 3 is 2.64 bits per heavy atom. The van der Waals surface area contributed by atoms with Crippen LogP contribution < -0.4 is 35.0 Å². The van der Waals surface area contributed by atoms with Crippen molar-refractivity contribution in [2.45, 2.75) is 19.8 Å². The second-order valence-corrected chi connectivity index (χ2v) is 4.06. The second-order valence-electron chi connectivity index (χ2n) is 2.37. The standard InChI is InChI=1S/C7H13NO4S.Na.H/c1-3-5-6-13(10,11)12-8-7(9)4-2;;/h4H,2-3,5-6H2,1H3,(H,8,9);;/q;+1;-1. The van der Waals surface area contributed by atoms with Gasteiger partial charge in [-0.2, -0.15) is 8.42 Å². The van der Waals surface area contributed by atoms with E-state index in [1.165, 1.54) is 0 Å². The van der Waals surface area contributed by atoms with Crippen LogP contribution in [0.4, 0.5) is 0 Å². The fraction of sp³-hybridized carbons (Fsp3) is 0.571. The van der Waals surface area contributed by atoms with Crippen LogP contribution in [0.1, 0.15) is 21.2 Å². The van der Waals surface area contributed by atoms with Gasteiger partial charge < -0.3 is 1.43 Å². The van der Waals surface area contributed by atoms with Crippen LogP contribution in [0.15, 0.2) is 12.7 Å². The summed E-state index contributed by atoms with van der Waals surface area (Å²) in [5.74, 6) is -0.777. The van der Waals surface area contributed by atoms with E-state index >= 15 is 0 Å². The number of rotatable bonds is 6. The van der Waals surface area contributed by atoms with Gasteiger partial charge in [0.15, 0.2) is 0 Å². The number of unbranched alkanes of at least 4 members (excludes halogenated alkanes) is 1. The summed E-state index contributed by atoms with van der Waals surface area (Å²) in [4.78, 5) is 10.5. The molecule has 14 heavy (non-hydrogen) atoms. The molecule has 0 bridgehead atoms. The van der Waals surface area contributed by atoms with E-state index in [0.29, 0.717) is 6.42 Å². The van der Waals surface area contributed by atoms with Crippen molar-refractivity contribution in [3.05, 3.63) is 12.7 Å². The molecule has 0 heterocycles. The summed E-state index contributed by atoms with van der Waals surface area (Å²) < 4.78 is 26.1. The molecule has 0 unspecified atom stereocenters. The molecule has 5 nitrogen and oxygen atoms in total. The molecule has 0 aliphatic rings. The Morgan fingerprint density at radius 2 is 2.21 bits per heavy atom. The van der Waals surface area contributed by atoms with Crippen LogP contribution in [0, 0.1) is 0 Å². The summed E-state index contributed by atoms with van der Waals surface area (Å²) in [6.45, 7) is 5.00. The molecule has 0 aliphatic carbocycles. The molecule has 0 radical (unpaired) electrons. The van der Waals surface area contributed by atoms with Crippen molar-refractivity contribution in [2.24, 2.45) is 0 Å². The minimum atomic E-state index is -3.63. The number of hydrogen-bond acceptors (Lipinski definition) is 4. The van der Waals surface area contributed by atoms with Gasteiger partial charge in [-0.05, 0) is 12.5 Å². The Labute approximate surface area is 108 Å². The van der Waals surface area contributed by atoms with Crippen molar-refractivity contribution >= 4 is 16.0 Å². The van der Waals surface area contributed by atoms with Gasteiger partial charge in [0, 0.05) is 0 Å². The van der Waals surface area contributed by atoms with Crippen molar-refractivity contribution in [3.63, 3.8) is 0 Å². The van der Waals surface area contributed by atoms with Crippen molar-refractivity contribution in [1.82, 2.24) is 5.48 Å². The third-order valence-electron chi connectivity index (χ3n) is 1.20. The van der Waals surface area contributed by atoms with Crippen LogP contribution in [-0.4, -0.2) is 20.1 Å². The molecule has 0 spiro atoms. The first kappa shape index (κ1) is 16.5. The zero-order valence-electron chi connectivity index (χ0n) is 9.45. The van der Waals surface area contributed by atoms with Crippen LogP contribution in [-0.2, 0) is 19.2 Å². The molecule has 0 saturated carbocycles. The molecule has 0 fully saturated rings. The zero-order valence-corrected chi connectivity index (χ0v) is 11.3. The van der Waals surface area contributed by atoms with Crippen molar-refractivity contribution in [2.75, 3.05) is 5.75 Å². The Balaban J connectivity index is -0.000000720. The molecular formula is C7H14NNaO4S. The first-order valence-electron chi connectivity index (χ1n) is 3.85. The molecule has 0 rings (SSSR count). The van der Waals surface area contributed by atoms with Gasteiger partial charge in [-0.3, -0.25) is 4.79 Å². The minimum absolute atomic E-state index is 0. The number of carbonyl (C=O) groups is 1. The number of hydrogen-bond donors (Lipinski definition) is 1. The SMILES string of the molecule is C=CC(=O)NOS(=O)(=O)CCCC.[H-].[Na+]. The fourth-order valence-corrected chi connectivity index (χ4v) is 1.44. The molecule has 1 amide bonds. The normalized spacial score (nSPS) is 10.1. The number of hydroxylamine groups is 1. The van der Waals surface area contributed by atoms with E-state index in [2.05, 4.69) is 10.9 Å².